The summed E-state index contributed by atoms with van der Waals surface area (Å²) in [6.07, 6.45) is 0.0201. The summed E-state index contributed by atoms with van der Waals surface area (Å²) in [4.78, 5) is 11.7. The van der Waals surface area contributed by atoms with Crippen molar-refractivity contribution in [1.82, 2.24) is 0 Å². The normalized spacial score (nSPS) is 9.90. The molecule has 21 heavy (non-hydrogen) atoms. The fourth-order valence-corrected chi connectivity index (χ4v) is 1.81. The van der Waals surface area contributed by atoms with Crippen LogP contribution in [0.4, 0.5) is 10.1 Å². The zero-order chi connectivity index (χ0) is 15.2. The summed E-state index contributed by atoms with van der Waals surface area (Å²) in [5.41, 5.74) is 7.39. The molecule has 0 bridgehead atoms. The van der Waals surface area contributed by atoms with E-state index in [1.165, 1.54) is 18.2 Å². The largest absolute Gasteiger partial charge is 0.460 e. The fraction of sp³-hybridized carbons (Fsp3) is 0.125. The Labute approximate surface area is 121 Å². The summed E-state index contributed by atoms with van der Waals surface area (Å²) in [5, 5.41) is 8.76. The minimum absolute atomic E-state index is 0.0201. The molecule has 2 N–H and O–H groups in total. The van der Waals surface area contributed by atoms with Crippen LogP contribution >= 0.6 is 0 Å². The first-order chi connectivity index (χ1) is 10.1. The number of rotatable bonds is 4. The van der Waals surface area contributed by atoms with Crippen molar-refractivity contribution in [3.63, 3.8) is 0 Å². The van der Waals surface area contributed by atoms with Gasteiger partial charge < -0.3 is 10.5 Å². The van der Waals surface area contributed by atoms with Crippen LogP contribution in [0.25, 0.3) is 0 Å². The maximum Gasteiger partial charge on any atom is 0.310 e. The van der Waals surface area contributed by atoms with Gasteiger partial charge in [-0.25, -0.2) is 4.39 Å². The summed E-state index contributed by atoms with van der Waals surface area (Å²) in [6.45, 7) is -0.215. The van der Waals surface area contributed by atoms with Crippen molar-refractivity contribution in [2.45, 2.75) is 13.0 Å². The van der Waals surface area contributed by atoms with Gasteiger partial charge in [-0.1, -0.05) is 18.2 Å². The van der Waals surface area contributed by atoms with Crippen molar-refractivity contribution in [2.75, 3.05) is 5.73 Å². The molecule has 0 atom stereocenters. The van der Waals surface area contributed by atoms with Crippen LogP contribution in [0, 0.1) is 17.1 Å². The van der Waals surface area contributed by atoms with Gasteiger partial charge in [-0.15, -0.1) is 0 Å². The highest BCUT2D eigenvalue weighted by atomic mass is 19.1. The van der Waals surface area contributed by atoms with Crippen molar-refractivity contribution in [1.29, 1.82) is 5.26 Å². The molecule has 0 aliphatic carbocycles. The Bertz CT molecular complexity index is 708. The third-order valence-corrected chi connectivity index (χ3v) is 2.95. The van der Waals surface area contributed by atoms with E-state index in [9.17, 15) is 9.18 Å². The van der Waals surface area contributed by atoms with Crippen molar-refractivity contribution >= 4 is 11.7 Å². The van der Waals surface area contributed by atoms with E-state index in [-0.39, 0.29) is 18.6 Å². The molecule has 0 heterocycles. The Morgan fingerprint density at radius 1 is 1.24 bits per heavy atom. The lowest BCUT2D eigenvalue weighted by Gasteiger charge is -2.07. The second-order valence-corrected chi connectivity index (χ2v) is 4.45. The number of halogens is 1. The van der Waals surface area contributed by atoms with Gasteiger partial charge in [-0.3, -0.25) is 4.79 Å². The van der Waals surface area contributed by atoms with Crippen LogP contribution in [0.3, 0.4) is 0 Å². The molecular formula is C16H13FN2O2. The molecule has 0 aromatic heterocycles. The predicted molar refractivity (Wildman–Crippen MR) is 75.5 cm³/mol. The second kappa shape index (κ2) is 6.53. The molecule has 0 saturated carbocycles. The van der Waals surface area contributed by atoms with E-state index < -0.39 is 11.8 Å². The average molecular weight is 284 g/mol. The molecule has 2 aromatic carbocycles. The predicted octanol–water partition coefficient (Wildman–Crippen LogP) is 2.57. The van der Waals surface area contributed by atoms with Crippen molar-refractivity contribution < 1.29 is 13.9 Å². The molecule has 0 radical (unpaired) electrons. The number of nitrogen functional groups attached to an aromatic ring is 1. The van der Waals surface area contributed by atoms with E-state index in [0.29, 0.717) is 16.8 Å². The van der Waals surface area contributed by atoms with Crippen molar-refractivity contribution in [3.05, 3.63) is 65.0 Å². The standard InChI is InChI=1S/C16H13FN2O2/c17-14-6-5-11(9-18)7-13(14)10-21-16(20)8-12-3-1-2-4-15(12)19/h1-7H,8,10,19H2. The lowest BCUT2D eigenvalue weighted by atomic mass is 10.1. The third kappa shape index (κ3) is 3.80. The Morgan fingerprint density at radius 2 is 2.00 bits per heavy atom. The SMILES string of the molecule is N#Cc1ccc(F)c(COC(=O)Cc2ccccc2N)c1. The van der Waals surface area contributed by atoms with E-state index >= 15 is 0 Å². The molecule has 0 saturated heterocycles. The third-order valence-electron chi connectivity index (χ3n) is 2.95. The Hall–Kier alpha value is -2.87. The molecular weight excluding hydrogens is 271 g/mol. The number of ether oxygens (including phenoxy) is 1. The van der Waals surface area contributed by atoms with E-state index in [2.05, 4.69) is 0 Å². The number of anilines is 1. The van der Waals surface area contributed by atoms with Crippen molar-refractivity contribution in [2.24, 2.45) is 0 Å². The number of nitrogens with two attached hydrogens (primary N) is 1. The van der Waals surface area contributed by atoms with Gasteiger partial charge in [0, 0.05) is 11.3 Å². The highest BCUT2D eigenvalue weighted by molar-refractivity contribution is 5.74. The number of nitriles is 1. The molecule has 2 rings (SSSR count). The molecule has 106 valence electrons. The number of hydrogen-bond donors (Lipinski definition) is 1. The minimum Gasteiger partial charge on any atom is -0.460 e. The van der Waals surface area contributed by atoms with Crippen LogP contribution in [0.5, 0.6) is 0 Å². The van der Waals surface area contributed by atoms with Crippen LogP contribution < -0.4 is 5.73 Å². The monoisotopic (exact) mass is 284 g/mol. The maximum atomic E-state index is 13.5. The Morgan fingerprint density at radius 3 is 2.71 bits per heavy atom. The van der Waals surface area contributed by atoms with Gasteiger partial charge in [0.1, 0.15) is 12.4 Å². The van der Waals surface area contributed by atoms with Crippen LogP contribution in [0.2, 0.25) is 0 Å². The average Bonchev–Trinajstić information content (AvgIpc) is 2.49. The van der Waals surface area contributed by atoms with E-state index in [0.717, 1.165) is 0 Å². The number of para-hydroxylation sites is 1. The molecule has 4 nitrogen and oxygen atoms in total. The minimum atomic E-state index is -0.513. The highest BCUT2D eigenvalue weighted by Gasteiger charge is 2.10. The summed E-state index contributed by atoms with van der Waals surface area (Å²) < 4.78 is 18.6. The van der Waals surface area contributed by atoms with E-state index in [4.69, 9.17) is 15.7 Å². The first-order valence-corrected chi connectivity index (χ1v) is 6.27. The fourth-order valence-electron chi connectivity index (χ4n) is 1.81. The number of nitrogens with zero attached hydrogens (tertiary/aromatic N) is 1. The van der Waals surface area contributed by atoms with Gasteiger partial charge in [0.05, 0.1) is 18.1 Å². The second-order valence-electron chi connectivity index (χ2n) is 4.45. The first-order valence-electron chi connectivity index (χ1n) is 6.27. The van der Waals surface area contributed by atoms with E-state index in [1.807, 2.05) is 6.07 Å². The number of carbonyl (C=O) groups is 1. The van der Waals surface area contributed by atoms with E-state index in [1.54, 1.807) is 24.3 Å². The molecule has 0 fully saturated rings. The summed E-state index contributed by atoms with van der Waals surface area (Å²) in [5.74, 6) is -1.02. The molecule has 5 heteroatoms. The molecule has 0 aliphatic heterocycles. The first kappa shape index (κ1) is 14.5. The highest BCUT2D eigenvalue weighted by Crippen LogP contribution is 2.14. The number of carbonyl (C=O) groups excluding carboxylic acids is 1. The molecule has 0 spiro atoms. The number of esters is 1. The quantitative estimate of drug-likeness (QED) is 0.691. The van der Waals surface area contributed by atoms with Gasteiger partial charge in [-0.05, 0) is 29.8 Å². The van der Waals surface area contributed by atoms with Gasteiger partial charge >= 0.3 is 5.97 Å². The topological polar surface area (TPSA) is 76.1 Å². The van der Waals surface area contributed by atoms with Gasteiger partial charge in [0.15, 0.2) is 0 Å². The number of benzene rings is 2. The lowest BCUT2D eigenvalue weighted by Crippen LogP contribution is -2.10. The van der Waals surface area contributed by atoms with Gasteiger partial charge in [0.2, 0.25) is 0 Å². The maximum absolute atomic E-state index is 13.5. The van der Waals surface area contributed by atoms with Crippen LogP contribution in [-0.2, 0) is 22.6 Å². The van der Waals surface area contributed by atoms with Gasteiger partial charge in [-0.2, -0.15) is 5.26 Å². The summed E-state index contributed by atoms with van der Waals surface area (Å²) >= 11 is 0. The Balaban J connectivity index is 1.99. The van der Waals surface area contributed by atoms with Crippen LogP contribution in [-0.4, -0.2) is 5.97 Å². The zero-order valence-corrected chi connectivity index (χ0v) is 11.2. The van der Waals surface area contributed by atoms with Crippen LogP contribution in [0.1, 0.15) is 16.7 Å². The lowest BCUT2D eigenvalue weighted by molar-refractivity contribution is -0.144. The number of hydrogen-bond acceptors (Lipinski definition) is 4. The molecule has 0 amide bonds. The Kier molecular flexibility index (Phi) is 4.52. The van der Waals surface area contributed by atoms with Crippen molar-refractivity contribution in [3.8, 4) is 6.07 Å². The van der Waals surface area contributed by atoms with Crippen LogP contribution in [0.15, 0.2) is 42.5 Å². The van der Waals surface area contributed by atoms with Gasteiger partial charge in [0.25, 0.3) is 0 Å². The molecule has 2 aromatic rings. The molecule has 0 aliphatic rings. The summed E-state index contributed by atoms with van der Waals surface area (Å²) in [6, 6.07) is 12.8. The smallest absolute Gasteiger partial charge is 0.310 e. The molecule has 0 unspecified atom stereocenters. The summed E-state index contributed by atoms with van der Waals surface area (Å²) in [7, 11) is 0. The zero-order valence-electron chi connectivity index (χ0n) is 11.2.